The van der Waals surface area contributed by atoms with Crippen LogP contribution in [0.1, 0.15) is 24.5 Å². The van der Waals surface area contributed by atoms with Crippen molar-refractivity contribution in [3.8, 4) is 0 Å². The third-order valence-corrected chi connectivity index (χ3v) is 9.08. The number of carbonyl (C=O) groups is 1. The zero-order valence-electron chi connectivity index (χ0n) is 22.4. The number of fused-ring (bicyclic) bond motifs is 1. The van der Waals surface area contributed by atoms with Crippen molar-refractivity contribution < 1.29 is 27.1 Å². The molecular weight excluding hydrogens is 636 g/mol. The number of anilines is 1. The van der Waals surface area contributed by atoms with Gasteiger partial charge in [-0.1, -0.05) is 47.1 Å². The molecule has 5 rings (SSSR count). The van der Waals surface area contributed by atoms with Gasteiger partial charge in [-0.05, 0) is 29.8 Å². The third-order valence-electron chi connectivity index (χ3n) is 6.63. The van der Waals surface area contributed by atoms with Crippen LogP contribution in [0.5, 0.6) is 0 Å². The second kappa shape index (κ2) is 13.1. The lowest BCUT2D eigenvalue weighted by Crippen LogP contribution is -2.58. The van der Waals surface area contributed by atoms with Crippen LogP contribution in [-0.2, 0) is 27.3 Å². The van der Waals surface area contributed by atoms with Crippen molar-refractivity contribution in [2.75, 3.05) is 24.5 Å². The molecule has 0 bridgehead atoms. The molecule has 1 saturated heterocycles. The summed E-state index contributed by atoms with van der Waals surface area (Å²) >= 11 is 3.26. The number of alkyl halides is 2. The maximum atomic E-state index is 13.1. The Balaban J connectivity index is 0.000000262. The number of nitrogens with two attached hydrogens (primary N) is 1. The molecule has 42 heavy (non-hydrogen) atoms. The quantitative estimate of drug-likeness (QED) is 0.298. The lowest BCUT2D eigenvalue weighted by atomic mass is 10.0. The summed E-state index contributed by atoms with van der Waals surface area (Å²) in [5.74, 6) is -3.51. The highest BCUT2D eigenvalue weighted by Gasteiger charge is 2.40. The fourth-order valence-electron chi connectivity index (χ4n) is 4.20. The van der Waals surface area contributed by atoms with Crippen molar-refractivity contribution in [1.82, 2.24) is 24.2 Å². The standard InChI is InChI=1S/C17H15BrN6O4S.C10H13F2N/c18-11-1-3-12(4-2-11)29(27,28)24-6-5-23(9-14(24)17(25)26)15-8-20-13-7-19-10-21-16(13)22-15;1-2-10(11,12)9-5-3-8(7-13)4-6-9/h1-4,7-8,10,14H,5-6,9H2,(H,25,26);3-6H,2,7,13H2,1H3/t14-;/m1./s1. The molecule has 4 aromatic rings. The van der Waals surface area contributed by atoms with E-state index >= 15 is 0 Å². The van der Waals surface area contributed by atoms with E-state index in [2.05, 4.69) is 35.9 Å². The van der Waals surface area contributed by atoms with E-state index < -0.39 is 28.0 Å². The van der Waals surface area contributed by atoms with E-state index in [1.54, 1.807) is 29.2 Å². The Morgan fingerprint density at radius 1 is 1.10 bits per heavy atom. The number of sulfonamides is 1. The fourth-order valence-corrected chi connectivity index (χ4v) is 6.03. The van der Waals surface area contributed by atoms with Crippen LogP contribution < -0.4 is 10.6 Å². The summed E-state index contributed by atoms with van der Waals surface area (Å²) < 4.78 is 54.0. The molecule has 0 spiro atoms. The number of carboxylic acids is 1. The fraction of sp³-hybridized carbons (Fsp3) is 0.296. The first kappa shape index (κ1) is 31.3. The summed E-state index contributed by atoms with van der Waals surface area (Å²) in [5.41, 5.74) is 7.19. The summed E-state index contributed by atoms with van der Waals surface area (Å²) in [6.07, 6.45) is 4.21. The molecule has 222 valence electrons. The highest BCUT2D eigenvalue weighted by molar-refractivity contribution is 9.10. The van der Waals surface area contributed by atoms with Gasteiger partial charge in [0.2, 0.25) is 10.0 Å². The number of hydrogen-bond donors (Lipinski definition) is 2. The Labute approximate surface area is 249 Å². The minimum atomic E-state index is -3.96. The summed E-state index contributed by atoms with van der Waals surface area (Å²) in [5, 5.41) is 9.70. The summed E-state index contributed by atoms with van der Waals surface area (Å²) in [4.78, 5) is 30.2. The maximum Gasteiger partial charge on any atom is 0.323 e. The van der Waals surface area contributed by atoms with Gasteiger partial charge in [0.15, 0.2) is 5.65 Å². The zero-order chi connectivity index (χ0) is 30.5. The maximum absolute atomic E-state index is 13.1. The molecule has 11 nitrogen and oxygen atoms in total. The van der Waals surface area contributed by atoms with Gasteiger partial charge in [-0.3, -0.25) is 4.79 Å². The highest BCUT2D eigenvalue weighted by atomic mass is 79.9. The number of benzene rings is 2. The van der Waals surface area contributed by atoms with Gasteiger partial charge >= 0.3 is 5.97 Å². The van der Waals surface area contributed by atoms with Crippen molar-refractivity contribution in [1.29, 1.82) is 0 Å². The van der Waals surface area contributed by atoms with E-state index in [4.69, 9.17) is 5.73 Å². The Hall–Kier alpha value is -3.66. The SMILES string of the molecule is CCC(F)(F)c1ccc(CN)cc1.O=C(O)[C@H]1CN(c2cnc3cncnc3n2)CCN1S(=O)(=O)c1ccc(Br)cc1. The van der Waals surface area contributed by atoms with Gasteiger partial charge in [0, 0.05) is 42.6 Å². The van der Waals surface area contributed by atoms with Gasteiger partial charge in [-0.15, -0.1) is 0 Å². The van der Waals surface area contributed by atoms with Crippen molar-refractivity contribution in [2.45, 2.75) is 36.7 Å². The van der Waals surface area contributed by atoms with Crippen LogP contribution in [-0.4, -0.2) is 69.4 Å². The van der Waals surface area contributed by atoms with Crippen LogP contribution in [0.2, 0.25) is 0 Å². The number of hydrogen-bond acceptors (Lipinski definition) is 9. The predicted molar refractivity (Wildman–Crippen MR) is 155 cm³/mol. The summed E-state index contributed by atoms with van der Waals surface area (Å²) in [6, 6.07) is 11.0. The van der Waals surface area contributed by atoms with E-state index in [1.165, 1.54) is 49.9 Å². The second-order valence-corrected chi connectivity index (χ2v) is 12.1. The van der Waals surface area contributed by atoms with E-state index in [-0.39, 0.29) is 36.5 Å². The average Bonchev–Trinajstić information content (AvgIpc) is 3.01. The molecule has 1 aliphatic rings. The topological polar surface area (TPSA) is 156 Å². The number of rotatable bonds is 7. The van der Waals surface area contributed by atoms with E-state index in [1.807, 2.05) is 0 Å². The molecule has 1 fully saturated rings. The number of aliphatic carboxylic acids is 1. The van der Waals surface area contributed by atoms with Crippen molar-refractivity contribution in [2.24, 2.45) is 5.73 Å². The Morgan fingerprint density at radius 3 is 2.40 bits per heavy atom. The van der Waals surface area contributed by atoms with Crippen LogP contribution in [0, 0.1) is 0 Å². The predicted octanol–water partition coefficient (Wildman–Crippen LogP) is 3.79. The molecular formula is C27H28BrF2N7O4S. The first-order chi connectivity index (χ1) is 20.0. The Kier molecular flexibility index (Phi) is 9.76. The largest absolute Gasteiger partial charge is 0.480 e. The van der Waals surface area contributed by atoms with Gasteiger partial charge in [-0.2, -0.15) is 4.31 Å². The number of aromatic nitrogens is 4. The number of nitrogens with zero attached hydrogens (tertiary/aromatic N) is 6. The average molecular weight is 665 g/mol. The number of carboxylic acid groups (broad SMARTS) is 1. The van der Waals surface area contributed by atoms with Gasteiger partial charge in [0.1, 0.15) is 23.7 Å². The third kappa shape index (κ3) is 7.03. The van der Waals surface area contributed by atoms with E-state index in [0.717, 1.165) is 14.3 Å². The molecule has 3 heterocycles. The van der Waals surface area contributed by atoms with Gasteiger partial charge in [-0.25, -0.2) is 37.1 Å². The second-order valence-electron chi connectivity index (χ2n) is 9.29. The van der Waals surface area contributed by atoms with Gasteiger partial charge in [0.05, 0.1) is 17.3 Å². The highest BCUT2D eigenvalue weighted by Crippen LogP contribution is 2.31. The first-order valence-electron chi connectivity index (χ1n) is 12.8. The molecule has 15 heteroatoms. The molecule has 0 radical (unpaired) electrons. The first-order valence-corrected chi connectivity index (χ1v) is 15.0. The molecule has 2 aromatic heterocycles. The lowest BCUT2D eigenvalue weighted by Gasteiger charge is -2.38. The molecule has 0 aliphatic carbocycles. The Bertz CT molecular complexity index is 1640. The molecule has 1 aliphatic heterocycles. The molecule has 2 aromatic carbocycles. The van der Waals surface area contributed by atoms with Crippen LogP contribution in [0.15, 0.2) is 76.6 Å². The number of halogens is 3. The van der Waals surface area contributed by atoms with Crippen LogP contribution in [0.25, 0.3) is 11.2 Å². The minimum Gasteiger partial charge on any atom is -0.480 e. The van der Waals surface area contributed by atoms with Crippen molar-refractivity contribution in [3.63, 3.8) is 0 Å². The van der Waals surface area contributed by atoms with Gasteiger partial charge in [0.25, 0.3) is 5.92 Å². The summed E-state index contributed by atoms with van der Waals surface area (Å²) in [7, 11) is -3.96. The smallest absolute Gasteiger partial charge is 0.323 e. The van der Waals surface area contributed by atoms with Crippen LogP contribution in [0.3, 0.4) is 0 Å². The lowest BCUT2D eigenvalue weighted by molar-refractivity contribution is -0.141. The molecule has 0 amide bonds. The number of piperazine rings is 1. The van der Waals surface area contributed by atoms with Crippen LogP contribution in [0.4, 0.5) is 14.6 Å². The van der Waals surface area contributed by atoms with Crippen molar-refractivity contribution in [3.05, 3.63) is 82.9 Å². The molecule has 1 atom stereocenters. The molecule has 0 saturated carbocycles. The van der Waals surface area contributed by atoms with Gasteiger partial charge < -0.3 is 15.7 Å². The van der Waals surface area contributed by atoms with Crippen LogP contribution >= 0.6 is 15.9 Å². The normalized spacial score (nSPS) is 16.1. The zero-order valence-corrected chi connectivity index (χ0v) is 24.8. The Morgan fingerprint density at radius 2 is 1.79 bits per heavy atom. The molecule has 3 N–H and O–H groups in total. The van der Waals surface area contributed by atoms with E-state index in [0.29, 0.717) is 23.5 Å². The minimum absolute atomic E-state index is 0.00114. The molecule has 0 unspecified atom stereocenters. The monoisotopic (exact) mass is 663 g/mol. The van der Waals surface area contributed by atoms with E-state index in [9.17, 15) is 27.1 Å². The summed E-state index contributed by atoms with van der Waals surface area (Å²) in [6.45, 7) is 2.06. The van der Waals surface area contributed by atoms with Crippen molar-refractivity contribution >= 4 is 48.9 Å².